The summed E-state index contributed by atoms with van der Waals surface area (Å²) in [6.45, 7) is 4.92. The molecule has 2 N–H and O–H groups in total. The van der Waals surface area contributed by atoms with Gasteiger partial charge in [-0.05, 0) is 79.2 Å². The fourth-order valence-electron chi connectivity index (χ4n) is 3.78. The van der Waals surface area contributed by atoms with E-state index in [2.05, 4.69) is 16.4 Å². The first-order chi connectivity index (χ1) is 15.4. The molecule has 0 saturated heterocycles. The molecule has 0 spiro atoms. The van der Waals surface area contributed by atoms with Gasteiger partial charge in [-0.15, -0.1) is 0 Å². The van der Waals surface area contributed by atoms with Crippen LogP contribution in [-0.2, 0) is 13.1 Å². The molecule has 0 unspecified atom stereocenters. The number of nitrogens with zero attached hydrogens (tertiary/aromatic N) is 1. The minimum absolute atomic E-state index is 0.134. The van der Waals surface area contributed by atoms with Crippen molar-refractivity contribution in [2.75, 3.05) is 5.32 Å². The van der Waals surface area contributed by atoms with E-state index in [-0.39, 0.29) is 11.4 Å². The normalized spacial score (nSPS) is 10.8. The second-order valence-corrected chi connectivity index (χ2v) is 8.33. The van der Waals surface area contributed by atoms with Crippen LogP contribution in [0.2, 0.25) is 0 Å². The molecular formula is C26H24FN3OS. The van der Waals surface area contributed by atoms with Crippen molar-refractivity contribution in [1.29, 1.82) is 0 Å². The highest BCUT2D eigenvalue weighted by Gasteiger charge is 2.15. The Balaban J connectivity index is 1.66. The Bertz CT molecular complexity index is 1320. The fourth-order valence-corrected chi connectivity index (χ4v) is 4.03. The van der Waals surface area contributed by atoms with E-state index in [0.29, 0.717) is 29.5 Å². The highest BCUT2D eigenvalue weighted by molar-refractivity contribution is 7.80. The van der Waals surface area contributed by atoms with Crippen molar-refractivity contribution < 1.29 is 4.39 Å². The van der Waals surface area contributed by atoms with Crippen molar-refractivity contribution in [1.82, 2.24) is 9.88 Å². The van der Waals surface area contributed by atoms with Crippen molar-refractivity contribution in [3.63, 3.8) is 0 Å². The number of hydrogen-bond acceptors (Lipinski definition) is 2. The number of halogens is 1. The van der Waals surface area contributed by atoms with Crippen LogP contribution in [0.5, 0.6) is 0 Å². The highest BCUT2D eigenvalue weighted by Crippen LogP contribution is 2.20. The summed E-state index contributed by atoms with van der Waals surface area (Å²) in [7, 11) is 0. The molecule has 0 bridgehead atoms. The van der Waals surface area contributed by atoms with E-state index in [9.17, 15) is 9.18 Å². The molecule has 6 heteroatoms. The number of anilines is 1. The largest absolute Gasteiger partial charge is 0.340 e. The van der Waals surface area contributed by atoms with Crippen LogP contribution in [0.3, 0.4) is 0 Å². The van der Waals surface area contributed by atoms with Crippen LogP contribution < -0.4 is 10.9 Å². The van der Waals surface area contributed by atoms with Crippen molar-refractivity contribution in [2.24, 2.45) is 0 Å². The standard InChI is InChI=1S/C26H24FN3OS/c1-17-12-18(2)23-14-20(25(31)29-24(23)13-17)16-30(15-19-6-4-3-5-7-19)26(32)28-22-10-8-21(27)9-11-22/h3-14H,15-16H2,1-2H3,(H,28,32)(H,29,31). The molecular weight excluding hydrogens is 421 g/mol. The summed E-state index contributed by atoms with van der Waals surface area (Å²) < 4.78 is 13.3. The second kappa shape index (κ2) is 9.32. The number of benzene rings is 3. The SMILES string of the molecule is Cc1cc(C)c2cc(CN(Cc3ccccc3)C(=S)Nc3ccc(F)cc3)c(=O)[nH]c2c1. The van der Waals surface area contributed by atoms with E-state index in [4.69, 9.17) is 12.2 Å². The molecule has 0 atom stereocenters. The monoisotopic (exact) mass is 445 g/mol. The molecule has 0 aliphatic rings. The van der Waals surface area contributed by atoms with E-state index in [1.807, 2.05) is 61.2 Å². The molecule has 162 valence electrons. The van der Waals surface area contributed by atoms with Gasteiger partial charge in [0.05, 0.1) is 6.54 Å². The van der Waals surface area contributed by atoms with E-state index in [0.717, 1.165) is 27.6 Å². The Kier molecular flexibility index (Phi) is 6.32. The zero-order chi connectivity index (χ0) is 22.7. The van der Waals surface area contributed by atoms with Crippen molar-refractivity contribution in [3.8, 4) is 0 Å². The molecule has 3 aromatic carbocycles. The topological polar surface area (TPSA) is 48.1 Å². The summed E-state index contributed by atoms with van der Waals surface area (Å²) >= 11 is 5.68. The van der Waals surface area contributed by atoms with Crippen molar-refractivity contribution >= 4 is 33.9 Å². The maximum Gasteiger partial charge on any atom is 0.253 e. The molecule has 4 nitrogen and oxygen atoms in total. The van der Waals surface area contributed by atoms with Gasteiger partial charge in [0.15, 0.2) is 5.11 Å². The number of nitrogens with one attached hydrogen (secondary N) is 2. The summed E-state index contributed by atoms with van der Waals surface area (Å²) in [4.78, 5) is 17.8. The van der Waals surface area contributed by atoms with Crippen LogP contribution >= 0.6 is 12.2 Å². The fraction of sp³-hybridized carbons (Fsp3) is 0.154. The number of fused-ring (bicyclic) bond motifs is 1. The number of aryl methyl sites for hydroxylation is 2. The Morgan fingerprint density at radius 3 is 2.44 bits per heavy atom. The number of thiocarbonyl (C=S) groups is 1. The lowest BCUT2D eigenvalue weighted by Gasteiger charge is -2.26. The maximum atomic E-state index is 13.3. The molecule has 0 amide bonds. The van der Waals surface area contributed by atoms with Gasteiger partial charge in [-0.2, -0.15) is 0 Å². The van der Waals surface area contributed by atoms with Gasteiger partial charge in [0, 0.05) is 28.7 Å². The van der Waals surface area contributed by atoms with E-state index in [1.165, 1.54) is 12.1 Å². The molecule has 0 saturated carbocycles. The number of H-pyrrole nitrogens is 1. The third-order valence-electron chi connectivity index (χ3n) is 5.35. The second-order valence-electron chi connectivity index (χ2n) is 7.95. The van der Waals surface area contributed by atoms with E-state index in [1.54, 1.807) is 12.1 Å². The van der Waals surface area contributed by atoms with Gasteiger partial charge in [-0.1, -0.05) is 36.4 Å². The van der Waals surface area contributed by atoms with Gasteiger partial charge in [0.1, 0.15) is 5.82 Å². The Morgan fingerprint density at radius 1 is 1.00 bits per heavy atom. The first kappa shape index (κ1) is 21.7. The Hall–Kier alpha value is -3.51. The van der Waals surface area contributed by atoms with Crippen LogP contribution in [0, 0.1) is 19.7 Å². The van der Waals surface area contributed by atoms with Gasteiger partial charge in [-0.3, -0.25) is 4.79 Å². The lowest BCUT2D eigenvalue weighted by molar-refractivity contribution is 0.411. The molecule has 32 heavy (non-hydrogen) atoms. The number of rotatable bonds is 5. The molecule has 0 aliphatic carbocycles. The number of aromatic nitrogens is 1. The van der Waals surface area contributed by atoms with Crippen molar-refractivity contribution in [2.45, 2.75) is 26.9 Å². The molecule has 4 rings (SSSR count). The highest BCUT2D eigenvalue weighted by atomic mass is 32.1. The quantitative estimate of drug-likeness (QED) is 0.388. The molecule has 1 aromatic heterocycles. The molecule has 4 aromatic rings. The van der Waals surface area contributed by atoms with Crippen LogP contribution in [0.15, 0.2) is 77.6 Å². The molecule has 1 heterocycles. The van der Waals surface area contributed by atoms with Crippen LogP contribution in [-0.4, -0.2) is 15.0 Å². The molecule has 0 fully saturated rings. The smallest absolute Gasteiger partial charge is 0.253 e. The third-order valence-corrected chi connectivity index (χ3v) is 5.71. The molecule has 0 aliphatic heterocycles. The van der Waals surface area contributed by atoms with Gasteiger partial charge in [0.25, 0.3) is 5.56 Å². The first-order valence-corrected chi connectivity index (χ1v) is 10.8. The zero-order valence-corrected chi connectivity index (χ0v) is 18.8. The van der Waals surface area contributed by atoms with Crippen LogP contribution in [0.25, 0.3) is 10.9 Å². The lowest BCUT2D eigenvalue weighted by atomic mass is 10.0. The lowest BCUT2D eigenvalue weighted by Crippen LogP contribution is -2.35. The third kappa shape index (κ3) is 5.03. The Morgan fingerprint density at radius 2 is 1.72 bits per heavy atom. The summed E-state index contributed by atoms with van der Waals surface area (Å²) in [5.41, 5.74) is 5.30. The summed E-state index contributed by atoms with van der Waals surface area (Å²) in [5, 5.41) is 4.64. The van der Waals surface area contributed by atoms with E-state index < -0.39 is 0 Å². The number of pyridine rings is 1. The average molecular weight is 446 g/mol. The summed E-state index contributed by atoms with van der Waals surface area (Å²) in [5.74, 6) is -0.309. The average Bonchev–Trinajstić information content (AvgIpc) is 2.76. The van der Waals surface area contributed by atoms with Crippen LogP contribution in [0.4, 0.5) is 10.1 Å². The summed E-state index contributed by atoms with van der Waals surface area (Å²) in [6, 6.07) is 22.0. The number of aromatic amines is 1. The minimum atomic E-state index is -0.309. The molecule has 0 radical (unpaired) electrons. The summed E-state index contributed by atoms with van der Waals surface area (Å²) in [6.07, 6.45) is 0. The van der Waals surface area contributed by atoms with Gasteiger partial charge < -0.3 is 15.2 Å². The van der Waals surface area contributed by atoms with Crippen LogP contribution in [0.1, 0.15) is 22.3 Å². The van der Waals surface area contributed by atoms with Gasteiger partial charge >= 0.3 is 0 Å². The van der Waals surface area contributed by atoms with Gasteiger partial charge in [-0.25, -0.2) is 4.39 Å². The van der Waals surface area contributed by atoms with Crippen molar-refractivity contribution in [3.05, 3.63) is 111 Å². The number of hydrogen-bond donors (Lipinski definition) is 2. The van der Waals surface area contributed by atoms with Gasteiger partial charge in [0.2, 0.25) is 0 Å². The Labute approximate surface area is 191 Å². The predicted molar refractivity (Wildman–Crippen MR) is 132 cm³/mol. The maximum absolute atomic E-state index is 13.3. The first-order valence-electron chi connectivity index (χ1n) is 10.4. The van der Waals surface area contributed by atoms with E-state index >= 15 is 0 Å². The zero-order valence-electron chi connectivity index (χ0n) is 18.0. The minimum Gasteiger partial charge on any atom is -0.340 e. The predicted octanol–water partition coefficient (Wildman–Crippen LogP) is 5.68.